The lowest BCUT2D eigenvalue weighted by Gasteiger charge is -2.44. The molecule has 3 N–H and O–H groups in total. The second-order valence-corrected chi connectivity index (χ2v) is 4.85. The number of hydrogen-bond donors (Lipinski definition) is 3. The van der Waals surface area contributed by atoms with Gasteiger partial charge in [0.1, 0.15) is 0 Å². The highest BCUT2D eigenvalue weighted by atomic mass is 16.2. The first-order chi connectivity index (χ1) is 11.6. The van der Waals surface area contributed by atoms with Crippen molar-refractivity contribution in [2.24, 2.45) is 0 Å². The molecule has 2 fully saturated rings. The van der Waals surface area contributed by atoms with Gasteiger partial charge in [0.15, 0.2) is 0 Å². The molecular formula is C15H24N6O3. The summed E-state index contributed by atoms with van der Waals surface area (Å²) in [4.78, 5) is 35.1. The van der Waals surface area contributed by atoms with Gasteiger partial charge < -0.3 is 0 Å². The summed E-state index contributed by atoms with van der Waals surface area (Å²) in [6.45, 7) is 12.9. The van der Waals surface area contributed by atoms with E-state index in [9.17, 15) is 14.4 Å². The van der Waals surface area contributed by atoms with Crippen LogP contribution in [0.15, 0.2) is 38.0 Å². The van der Waals surface area contributed by atoms with E-state index in [0.29, 0.717) is 19.5 Å². The van der Waals surface area contributed by atoms with Crippen molar-refractivity contribution in [2.75, 3.05) is 26.2 Å². The Morgan fingerprint density at radius 2 is 1.21 bits per heavy atom. The Bertz CT molecular complexity index is 464. The van der Waals surface area contributed by atoms with Crippen molar-refractivity contribution in [3.63, 3.8) is 0 Å². The minimum Gasteiger partial charge on any atom is -0.268 e. The van der Waals surface area contributed by atoms with Crippen LogP contribution in [0.2, 0.25) is 0 Å². The van der Waals surface area contributed by atoms with Crippen molar-refractivity contribution in [1.82, 2.24) is 31.5 Å². The van der Waals surface area contributed by atoms with E-state index in [1.54, 1.807) is 0 Å². The minimum atomic E-state index is -0.555. The van der Waals surface area contributed by atoms with Crippen LogP contribution in [-0.4, -0.2) is 59.0 Å². The molecule has 3 amide bonds. The van der Waals surface area contributed by atoms with Gasteiger partial charge in [0.2, 0.25) is 0 Å². The van der Waals surface area contributed by atoms with Crippen molar-refractivity contribution in [2.45, 2.75) is 12.8 Å². The quantitative estimate of drug-likeness (QED) is 0.587. The molecule has 9 nitrogen and oxygen atoms in total. The molecule has 0 atom stereocenters. The van der Waals surface area contributed by atoms with Crippen molar-refractivity contribution in [1.29, 1.82) is 0 Å². The van der Waals surface area contributed by atoms with E-state index in [1.165, 1.54) is 6.42 Å². The number of rotatable bonds is 3. The first-order valence-corrected chi connectivity index (χ1v) is 7.61. The van der Waals surface area contributed by atoms with Gasteiger partial charge in [-0.25, -0.2) is 20.9 Å². The van der Waals surface area contributed by atoms with Crippen LogP contribution in [-0.2, 0) is 14.4 Å². The molecule has 2 saturated heterocycles. The number of carbonyl (C=O) groups is 3. The molecule has 0 aliphatic carbocycles. The van der Waals surface area contributed by atoms with Crippen molar-refractivity contribution in [3.05, 3.63) is 38.0 Å². The van der Waals surface area contributed by atoms with Crippen LogP contribution in [0.1, 0.15) is 12.8 Å². The number of nitrogens with one attached hydrogen (secondary N) is 3. The van der Waals surface area contributed by atoms with E-state index in [2.05, 4.69) is 36.1 Å². The minimum absolute atomic E-state index is 0.339. The summed E-state index contributed by atoms with van der Waals surface area (Å²) in [5.41, 5.74) is 8.63. The Hall–Kier alpha value is -2.49. The average molecular weight is 336 g/mol. The third kappa shape index (κ3) is 5.30. The number of hydrogen-bond acceptors (Lipinski definition) is 6. The Kier molecular flexibility index (Phi) is 8.41. The highest BCUT2D eigenvalue weighted by Crippen LogP contribution is 2.15. The number of nitrogens with zero attached hydrogens (tertiary/aromatic N) is 3. The maximum atomic E-state index is 11.8. The van der Waals surface area contributed by atoms with Gasteiger partial charge in [-0.15, -0.1) is 5.12 Å². The Labute approximate surface area is 141 Å². The fourth-order valence-corrected chi connectivity index (χ4v) is 2.08. The SMILES string of the molecule is C1CNNNC1.C=CC(=O)N1CCCN(C(=O)C=C)N1C(=O)C=C. The van der Waals surface area contributed by atoms with Crippen LogP contribution in [0.4, 0.5) is 0 Å². The van der Waals surface area contributed by atoms with Crippen LogP contribution in [0.25, 0.3) is 0 Å². The largest absolute Gasteiger partial charge is 0.284 e. The number of amides is 3. The Morgan fingerprint density at radius 3 is 1.50 bits per heavy atom. The molecule has 2 aliphatic heterocycles. The lowest BCUT2D eigenvalue weighted by molar-refractivity contribution is -0.209. The van der Waals surface area contributed by atoms with E-state index in [0.717, 1.165) is 46.5 Å². The second kappa shape index (κ2) is 10.3. The molecule has 2 rings (SSSR count). The van der Waals surface area contributed by atoms with E-state index >= 15 is 0 Å². The zero-order valence-electron chi connectivity index (χ0n) is 13.7. The summed E-state index contributed by atoms with van der Waals surface area (Å²) >= 11 is 0. The zero-order valence-corrected chi connectivity index (χ0v) is 13.7. The third-order valence-corrected chi connectivity index (χ3v) is 3.21. The normalized spacial score (nSPS) is 17.2. The van der Waals surface area contributed by atoms with Gasteiger partial charge in [-0.05, 0) is 31.1 Å². The van der Waals surface area contributed by atoms with E-state index in [1.807, 2.05) is 0 Å². The maximum Gasteiger partial charge on any atom is 0.284 e. The molecule has 0 aromatic heterocycles. The maximum absolute atomic E-state index is 11.8. The Balaban J connectivity index is 0.000000400. The molecule has 0 bridgehead atoms. The van der Waals surface area contributed by atoms with Crippen LogP contribution in [0, 0.1) is 0 Å². The molecule has 0 unspecified atom stereocenters. The van der Waals surface area contributed by atoms with Crippen molar-refractivity contribution >= 4 is 17.7 Å². The fraction of sp³-hybridized carbons (Fsp3) is 0.400. The summed E-state index contributed by atoms with van der Waals surface area (Å²) in [7, 11) is 0. The van der Waals surface area contributed by atoms with Gasteiger partial charge in [0.25, 0.3) is 17.7 Å². The lowest BCUT2D eigenvalue weighted by atomic mass is 10.3. The summed E-state index contributed by atoms with van der Waals surface area (Å²) in [6, 6.07) is 0. The van der Waals surface area contributed by atoms with Crippen molar-refractivity contribution < 1.29 is 14.4 Å². The molecule has 9 heteroatoms. The molecule has 0 aromatic carbocycles. The van der Waals surface area contributed by atoms with E-state index < -0.39 is 17.7 Å². The van der Waals surface area contributed by atoms with Crippen LogP contribution in [0.5, 0.6) is 0 Å². The van der Waals surface area contributed by atoms with Gasteiger partial charge in [-0.1, -0.05) is 19.7 Å². The number of hydrazine groups is 4. The summed E-state index contributed by atoms with van der Waals surface area (Å²) in [5, 5.41) is 3.29. The van der Waals surface area contributed by atoms with Crippen molar-refractivity contribution in [3.8, 4) is 0 Å². The summed E-state index contributed by atoms with van der Waals surface area (Å²) < 4.78 is 0. The molecule has 0 aromatic rings. The average Bonchev–Trinajstić information content (AvgIpc) is 2.67. The van der Waals surface area contributed by atoms with Crippen LogP contribution >= 0.6 is 0 Å². The molecule has 0 saturated carbocycles. The molecule has 2 heterocycles. The van der Waals surface area contributed by atoms with E-state index in [-0.39, 0.29) is 0 Å². The van der Waals surface area contributed by atoms with Gasteiger partial charge in [-0.3, -0.25) is 14.4 Å². The standard InChI is InChI=1S/C12H15N3O3.C3H9N3/c1-4-10(16)13-8-7-9-14(11(17)5-2)15(13)12(18)6-3;1-2-4-6-5-3-1/h4-6H,1-3,7-9H2;4-6H,1-3H2. The zero-order chi connectivity index (χ0) is 17.9. The van der Waals surface area contributed by atoms with Crippen LogP contribution in [0.3, 0.4) is 0 Å². The van der Waals surface area contributed by atoms with Gasteiger partial charge >= 0.3 is 0 Å². The first-order valence-electron chi connectivity index (χ1n) is 7.61. The third-order valence-electron chi connectivity index (χ3n) is 3.21. The topological polar surface area (TPSA) is 97.0 Å². The summed E-state index contributed by atoms with van der Waals surface area (Å²) in [5.74, 6) is -1.46. The molecule has 2 aliphatic rings. The van der Waals surface area contributed by atoms with Gasteiger partial charge in [-0.2, -0.15) is 5.53 Å². The predicted molar refractivity (Wildman–Crippen MR) is 89.2 cm³/mol. The molecule has 0 radical (unpaired) electrons. The van der Waals surface area contributed by atoms with Crippen LogP contribution < -0.4 is 16.4 Å². The monoisotopic (exact) mass is 336 g/mol. The predicted octanol–water partition coefficient (Wildman–Crippen LogP) is -0.747. The number of carbonyl (C=O) groups excluding carboxylic acids is 3. The molecule has 132 valence electrons. The van der Waals surface area contributed by atoms with Gasteiger partial charge in [0.05, 0.1) is 0 Å². The second-order valence-electron chi connectivity index (χ2n) is 4.85. The fourth-order valence-electron chi connectivity index (χ4n) is 2.08. The Morgan fingerprint density at radius 1 is 0.750 bits per heavy atom. The molecule has 0 spiro atoms. The highest BCUT2D eigenvalue weighted by molar-refractivity contribution is 5.95. The lowest BCUT2D eigenvalue weighted by Crippen LogP contribution is -2.62. The molecular weight excluding hydrogens is 312 g/mol. The summed E-state index contributed by atoms with van der Waals surface area (Å²) in [6.07, 6.45) is 5.00. The highest BCUT2D eigenvalue weighted by Gasteiger charge is 2.34. The molecule has 24 heavy (non-hydrogen) atoms. The van der Waals surface area contributed by atoms with Gasteiger partial charge in [0, 0.05) is 26.2 Å². The first kappa shape index (κ1) is 19.6. The smallest absolute Gasteiger partial charge is 0.268 e. The van der Waals surface area contributed by atoms with E-state index in [4.69, 9.17) is 0 Å².